The van der Waals surface area contributed by atoms with Gasteiger partial charge in [0.1, 0.15) is 17.2 Å². The summed E-state index contributed by atoms with van der Waals surface area (Å²) in [5, 5.41) is 5.10. The predicted octanol–water partition coefficient (Wildman–Crippen LogP) is 8.34. The normalized spacial score (nSPS) is 14.1. The number of nitrogens with zero attached hydrogens (tertiary/aromatic N) is 1. The van der Waals surface area contributed by atoms with Crippen LogP contribution in [0.4, 0.5) is 5.13 Å². The molecule has 0 saturated heterocycles. The number of amides is 1. The number of benzene rings is 2. The van der Waals surface area contributed by atoms with Gasteiger partial charge in [-0.3, -0.25) is 10.1 Å². The molecule has 0 atom stereocenters. The number of rotatable bonds is 8. The van der Waals surface area contributed by atoms with Crippen molar-refractivity contribution in [2.45, 2.75) is 58.8 Å². The summed E-state index contributed by atoms with van der Waals surface area (Å²) in [7, 11) is 3.22. The summed E-state index contributed by atoms with van der Waals surface area (Å²) >= 11 is 7.91. The fraction of sp³-hybridized carbons (Fsp3) is 0.400. The first-order valence-electron chi connectivity index (χ1n) is 13.2. The largest absolute Gasteiger partial charge is 0.496 e. The molecule has 2 aromatic heterocycles. The molecule has 1 amide bonds. The number of aromatic nitrogens is 2. The Balaban J connectivity index is 1.48. The molecular weight excluding hydrogens is 518 g/mol. The number of thiazole rings is 1. The number of carbonyl (C=O) groups is 1. The lowest BCUT2D eigenvalue weighted by molar-refractivity contribution is 0.102. The SMILES string of the molecule is COc1cc(-c2nc(NC(=O)c3cc4cc(C)cc(C)c4[nH]3)sc2CCC2CCCCC2)c(OC)cc1Cl. The van der Waals surface area contributed by atoms with Crippen molar-refractivity contribution in [2.75, 3.05) is 19.5 Å². The highest BCUT2D eigenvalue weighted by Crippen LogP contribution is 2.42. The van der Waals surface area contributed by atoms with E-state index in [0.29, 0.717) is 27.3 Å². The fourth-order valence-corrected chi connectivity index (χ4v) is 6.76. The summed E-state index contributed by atoms with van der Waals surface area (Å²) in [6, 6.07) is 9.72. The smallest absolute Gasteiger partial charge is 0.273 e. The molecule has 0 bridgehead atoms. The highest BCUT2D eigenvalue weighted by molar-refractivity contribution is 7.16. The average molecular weight is 552 g/mol. The maximum absolute atomic E-state index is 13.3. The Labute approximate surface area is 232 Å². The molecule has 1 aliphatic carbocycles. The van der Waals surface area contributed by atoms with E-state index >= 15 is 0 Å². The zero-order chi connectivity index (χ0) is 26.8. The van der Waals surface area contributed by atoms with Gasteiger partial charge in [-0.1, -0.05) is 55.3 Å². The molecule has 0 unspecified atom stereocenters. The number of H-pyrrole nitrogens is 1. The van der Waals surface area contributed by atoms with Crippen LogP contribution in [0.25, 0.3) is 22.2 Å². The van der Waals surface area contributed by atoms with Gasteiger partial charge in [0.15, 0.2) is 5.13 Å². The van der Waals surface area contributed by atoms with E-state index in [4.69, 9.17) is 26.1 Å². The van der Waals surface area contributed by atoms with Crippen LogP contribution in [0.3, 0.4) is 0 Å². The minimum Gasteiger partial charge on any atom is -0.496 e. The Morgan fingerprint density at radius 2 is 1.84 bits per heavy atom. The molecule has 6 nitrogen and oxygen atoms in total. The Morgan fingerprint density at radius 1 is 1.08 bits per heavy atom. The Bertz CT molecular complexity index is 1470. The van der Waals surface area contributed by atoms with Crippen molar-refractivity contribution in [3.05, 3.63) is 57.1 Å². The summed E-state index contributed by atoms with van der Waals surface area (Å²) in [6.45, 7) is 4.11. The third-order valence-corrected chi connectivity index (χ3v) is 8.79. The summed E-state index contributed by atoms with van der Waals surface area (Å²) in [4.78, 5) is 22.6. The van der Waals surface area contributed by atoms with E-state index in [2.05, 4.69) is 29.4 Å². The zero-order valence-electron chi connectivity index (χ0n) is 22.4. The number of ether oxygens (including phenoxy) is 2. The monoisotopic (exact) mass is 551 g/mol. The molecule has 2 N–H and O–H groups in total. The first kappa shape index (κ1) is 26.6. The van der Waals surface area contributed by atoms with Crippen LogP contribution in [0.15, 0.2) is 30.3 Å². The van der Waals surface area contributed by atoms with Gasteiger partial charge in [0.2, 0.25) is 0 Å². The molecule has 5 rings (SSSR count). The van der Waals surface area contributed by atoms with Crippen LogP contribution in [-0.4, -0.2) is 30.1 Å². The van der Waals surface area contributed by atoms with Gasteiger partial charge in [-0.25, -0.2) is 4.98 Å². The van der Waals surface area contributed by atoms with Crippen LogP contribution >= 0.6 is 22.9 Å². The minimum atomic E-state index is -0.210. The summed E-state index contributed by atoms with van der Waals surface area (Å²) in [6.07, 6.45) is 8.54. The van der Waals surface area contributed by atoms with E-state index < -0.39 is 0 Å². The number of nitrogens with one attached hydrogen (secondary N) is 2. The van der Waals surface area contributed by atoms with Gasteiger partial charge in [-0.05, 0) is 56.4 Å². The van der Waals surface area contributed by atoms with Crippen LogP contribution < -0.4 is 14.8 Å². The molecule has 1 saturated carbocycles. The Kier molecular flexibility index (Phi) is 7.96. The lowest BCUT2D eigenvalue weighted by Gasteiger charge is -2.21. The third-order valence-electron chi connectivity index (χ3n) is 7.47. The third kappa shape index (κ3) is 5.54. The van der Waals surface area contributed by atoms with E-state index in [1.165, 1.54) is 49.0 Å². The molecule has 1 fully saturated rings. The minimum absolute atomic E-state index is 0.210. The van der Waals surface area contributed by atoms with Gasteiger partial charge in [0.05, 0.1) is 24.9 Å². The molecular formula is C30H34ClN3O3S. The van der Waals surface area contributed by atoms with E-state index in [9.17, 15) is 4.79 Å². The molecule has 0 radical (unpaired) electrons. The van der Waals surface area contributed by atoms with Crippen LogP contribution in [0, 0.1) is 19.8 Å². The van der Waals surface area contributed by atoms with E-state index in [1.54, 1.807) is 20.3 Å². The lowest BCUT2D eigenvalue weighted by atomic mass is 9.86. The maximum Gasteiger partial charge on any atom is 0.273 e. The van der Waals surface area contributed by atoms with Gasteiger partial charge in [0.25, 0.3) is 5.91 Å². The maximum atomic E-state index is 13.3. The second kappa shape index (κ2) is 11.4. The van der Waals surface area contributed by atoms with Crippen molar-refractivity contribution in [3.8, 4) is 22.8 Å². The molecule has 1 aliphatic rings. The first-order valence-corrected chi connectivity index (χ1v) is 14.4. The van der Waals surface area contributed by atoms with Gasteiger partial charge in [-0.2, -0.15) is 0 Å². The highest BCUT2D eigenvalue weighted by Gasteiger charge is 2.23. The number of aromatic amines is 1. The highest BCUT2D eigenvalue weighted by atomic mass is 35.5. The quantitative estimate of drug-likeness (QED) is 0.231. The van der Waals surface area contributed by atoms with Crippen molar-refractivity contribution < 1.29 is 14.3 Å². The molecule has 2 aromatic carbocycles. The van der Waals surface area contributed by atoms with Gasteiger partial charge >= 0.3 is 0 Å². The zero-order valence-corrected chi connectivity index (χ0v) is 23.9. The molecule has 38 heavy (non-hydrogen) atoms. The van der Waals surface area contributed by atoms with Crippen molar-refractivity contribution >= 4 is 44.9 Å². The Hall–Kier alpha value is -3.03. The van der Waals surface area contributed by atoms with Crippen molar-refractivity contribution in [2.24, 2.45) is 5.92 Å². The number of fused-ring (bicyclic) bond motifs is 1. The topological polar surface area (TPSA) is 76.2 Å². The fourth-order valence-electron chi connectivity index (χ4n) is 5.54. The van der Waals surface area contributed by atoms with Crippen LogP contribution in [0.5, 0.6) is 11.5 Å². The molecule has 8 heteroatoms. The second-order valence-electron chi connectivity index (χ2n) is 10.2. The predicted molar refractivity (Wildman–Crippen MR) is 156 cm³/mol. The van der Waals surface area contributed by atoms with E-state index in [1.807, 2.05) is 19.1 Å². The number of aryl methyl sites for hydroxylation is 3. The lowest BCUT2D eigenvalue weighted by Crippen LogP contribution is -2.12. The molecule has 2 heterocycles. The number of methoxy groups -OCH3 is 2. The Morgan fingerprint density at radius 3 is 2.58 bits per heavy atom. The number of hydrogen-bond acceptors (Lipinski definition) is 5. The standard InChI is InChI=1S/C30H34ClN3O3S/c1-17-12-18(2)27-20(13-17)14-23(32-27)29(35)34-30-33-28(21-15-25(37-4)22(31)16-24(21)36-3)26(38-30)11-10-19-8-6-5-7-9-19/h12-16,19,32H,5-11H2,1-4H3,(H,33,34,35). The van der Waals surface area contributed by atoms with Gasteiger partial charge in [-0.15, -0.1) is 11.3 Å². The van der Waals surface area contributed by atoms with Crippen LogP contribution in [0.1, 0.15) is 65.0 Å². The summed E-state index contributed by atoms with van der Waals surface area (Å²) < 4.78 is 11.2. The molecule has 0 spiro atoms. The van der Waals surface area contributed by atoms with Crippen molar-refractivity contribution in [1.29, 1.82) is 0 Å². The van der Waals surface area contributed by atoms with Crippen LogP contribution in [-0.2, 0) is 6.42 Å². The summed E-state index contributed by atoms with van der Waals surface area (Å²) in [5.74, 6) is 1.71. The number of halogens is 1. The van der Waals surface area contributed by atoms with Gasteiger partial charge < -0.3 is 14.5 Å². The average Bonchev–Trinajstić information content (AvgIpc) is 3.52. The number of hydrogen-bond donors (Lipinski definition) is 2. The summed E-state index contributed by atoms with van der Waals surface area (Å²) in [5.41, 5.74) is 5.38. The van der Waals surface area contributed by atoms with Crippen molar-refractivity contribution in [3.63, 3.8) is 0 Å². The van der Waals surface area contributed by atoms with Gasteiger partial charge in [0, 0.05) is 27.4 Å². The first-order chi connectivity index (χ1) is 18.4. The number of carbonyl (C=O) groups excluding carboxylic acids is 1. The second-order valence-corrected chi connectivity index (χ2v) is 11.7. The molecule has 200 valence electrons. The molecule has 0 aliphatic heterocycles. The van der Waals surface area contributed by atoms with E-state index in [-0.39, 0.29) is 5.91 Å². The van der Waals surface area contributed by atoms with Crippen LogP contribution in [0.2, 0.25) is 5.02 Å². The number of anilines is 1. The molecule has 4 aromatic rings. The van der Waals surface area contributed by atoms with Crippen molar-refractivity contribution in [1.82, 2.24) is 9.97 Å². The van der Waals surface area contributed by atoms with E-state index in [0.717, 1.165) is 51.4 Å².